The number of hydrogen-bond donors (Lipinski definition) is 3. The molecule has 0 aromatic heterocycles. The third-order valence-electron chi connectivity index (χ3n) is 3.26. The number of phenols is 1. The lowest BCUT2D eigenvalue weighted by atomic mass is 10.2. The molecule has 0 aliphatic rings. The Kier molecular flexibility index (Phi) is 6.25. The maximum atomic E-state index is 11.7. The van der Waals surface area contributed by atoms with E-state index < -0.39 is 0 Å². The van der Waals surface area contributed by atoms with Gasteiger partial charge in [0.05, 0.1) is 0 Å². The van der Waals surface area contributed by atoms with Crippen LogP contribution in [0.3, 0.4) is 0 Å². The van der Waals surface area contributed by atoms with Gasteiger partial charge in [-0.3, -0.25) is 4.79 Å². The fourth-order valence-corrected chi connectivity index (χ4v) is 2.26. The number of carbonyl (C=O) groups is 1. The molecule has 2 rings (SSSR count). The van der Waals surface area contributed by atoms with Gasteiger partial charge in [0.15, 0.2) is 0 Å². The van der Waals surface area contributed by atoms with Crippen LogP contribution in [0.2, 0.25) is 5.02 Å². The first-order valence-electron chi connectivity index (χ1n) is 7.14. The molecule has 0 radical (unpaired) electrons. The lowest BCUT2D eigenvalue weighted by Gasteiger charge is -2.09. The van der Waals surface area contributed by atoms with E-state index in [0.717, 1.165) is 5.56 Å². The summed E-state index contributed by atoms with van der Waals surface area (Å²) >= 11 is 6.01. The van der Waals surface area contributed by atoms with E-state index in [-0.39, 0.29) is 11.7 Å². The molecule has 2 aromatic carbocycles. The van der Waals surface area contributed by atoms with E-state index >= 15 is 0 Å². The Balaban J connectivity index is 1.67. The van der Waals surface area contributed by atoms with Crippen molar-refractivity contribution in [1.29, 1.82) is 0 Å². The Morgan fingerprint density at radius 2 is 1.82 bits per heavy atom. The molecule has 0 atom stereocenters. The second kappa shape index (κ2) is 8.41. The molecule has 3 N–H and O–H groups in total. The molecule has 0 spiro atoms. The standard InChI is InChI=1S/C17H19ClN2O2/c18-15-7-4-8-16(21)14(15)12-19-10-9-17(22)20-11-13-5-2-1-3-6-13/h1-8,19,21H,9-12H2,(H,20,22). The van der Waals surface area contributed by atoms with Gasteiger partial charge in [-0.15, -0.1) is 0 Å². The molecule has 2 aromatic rings. The second-order valence-corrected chi connectivity index (χ2v) is 5.33. The Morgan fingerprint density at radius 1 is 1.05 bits per heavy atom. The highest BCUT2D eigenvalue weighted by Crippen LogP contribution is 2.24. The summed E-state index contributed by atoms with van der Waals surface area (Å²) in [5.41, 5.74) is 1.72. The Labute approximate surface area is 135 Å². The highest BCUT2D eigenvalue weighted by atomic mass is 35.5. The van der Waals surface area contributed by atoms with Crippen LogP contribution in [-0.2, 0) is 17.9 Å². The molecule has 0 aliphatic carbocycles. The van der Waals surface area contributed by atoms with Crippen LogP contribution in [-0.4, -0.2) is 17.6 Å². The number of halogens is 1. The van der Waals surface area contributed by atoms with Gasteiger partial charge in [0.1, 0.15) is 5.75 Å². The van der Waals surface area contributed by atoms with E-state index in [1.54, 1.807) is 18.2 Å². The summed E-state index contributed by atoms with van der Waals surface area (Å²) in [5.74, 6) is 0.147. The van der Waals surface area contributed by atoms with E-state index in [2.05, 4.69) is 10.6 Å². The number of carbonyl (C=O) groups excluding carboxylic acids is 1. The molecule has 4 nitrogen and oxygen atoms in total. The third kappa shape index (κ3) is 5.06. The monoisotopic (exact) mass is 318 g/mol. The van der Waals surface area contributed by atoms with E-state index in [1.165, 1.54) is 0 Å². The summed E-state index contributed by atoms with van der Waals surface area (Å²) < 4.78 is 0. The molecule has 0 saturated carbocycles. The molecule has 0 unspecified atom stereocenters. The van der Waals surface area contributed by atoms with Crippen LogP contribution in [0.4, 0.5) is 0 Å². The topological polar surface area (TPSA) is 61.4 Å². The summed E-state index contributed by atoms with van der Waals surface area (Å²) in [6.45, 7) is 1.48. The maximum absolute atomic E-state index is 11.7. The van der Waals surface area contributed by atoms with Gasteiger partial charge < -0.3 is 15.7 Å². The van der Waals surface area contributed by atoms with Crippen molar-refractivity contribution in [3.63, 3.8) is 0 Å². The van der Waals surface area contributed by atoms with E-state index in [0.29, 0.717) is 36.6 Å². The zero-order valence-electron chi connectivity index (χ0n) is 12.2. The highest BCUT2D eigenvalue weighted by molar-refractivity contribution is 6.31. The van der Waals surface area contributed by atoms with Crippen molar-refractivity contribution in [3.05, 3.63) is 64.7 Å². The summed E-state index contributed by atoms with van der Waals surface area (Å²) in [4.78, 5) is 11.7. The largest absolute Gasteiger partial charge is 0.508 e. The molecular formula is C17H19ClN2O2. The van der Waals surface area contributed by atoms with Crippen molar-refractivity contribution in [2.75, 3.05) is 6.54 Å². The number of rotatable bonds is 7. The first-order chi connectivity index (χ1) is 10.7. The predicted molar refractivity (Wildman–Crippen MR) is 87.7 cm³/mol. The van der Waals surface area contributed by atoms with Gasteiger partial charge in [-0.1, -0.05) is 48.0 Å². The smallest absolute Gasteiger partial charge is 0.221 e. The van der Waals surface area contributed by atoms with Gasteiger partial charge in [0, 0.05) is 36.6 Å². The first kappa shape index (κ1) is 16.3. The van der Waals surface area contributed by atoms with E-state index in [9.17, 15) is 9.90 Å². The summed E-state index contributed by atoms with van der Waals surface area (Å²) in [6.07, 6.45) is 0.373. The fraction of sp³-hybridized carbons (Fsp3) is 0.235. The Bertz CT molecular complexity index is 597. The minimum absolute atomic E-state index is 0.0141. The number of amides is 1. The van der Waals surface area contributed by atoms with Gasteiger partial charge in [-0.25, -0.2) is 0 Å². The number of benzene rings is 2. The van der Waals surface area contributed by atoms with Crippen LogP contribution < -0.4 is 10.6 Å². The van der Waals surface area contributed by atoms with Gasteiger partial charge in [0.25, 0.3) is 0 Å². The minimum Gasteiger partial charge on any atom is -0.508 e. The van der Waals surface area contributed by atoms with Crippen LogP contribution in [0.15, 0.2) is 48.5 Å². The molecule has 116 valence electrons. The molecule has 0 fully saturated rings. The molecule has 5 heteroatoms. The van der Waals surface area contributed by atoms with Gasteiger partial charge in [-0.2, -0.15) is 0 Å². The summed E-state index contributed by atoms with van der Waals surface area (Å²) in [5, 5.41) is 16.2. The Hall–Kier alpha value is -2.04. The van der Waals surface area contributed by atoms with Gasteiger partial charge in [0.2, 0.25) is 5.91 Å². The predicted octanol–water partition coefficient (Wildman–Crippen LogP) is 2.84. The van der Waals surface area contributed by atoms with Crippen molar-refractivity contribution in [2.24, 2.45) is 0 Å². The van der Waals surface area contributed by atoms with Crippen LogP contribution >= 0.6 is 11.6 Å². The molecule has 0 heterocycles. The van der Waals surface area contributed by atoms with Gasteiger partial charge in [-0.05, 0) is 17.7 Å². The maximum Gasteiger partial charge on any atom is 0.221 e. The van der Waals surface area contributed by atoms with Crippen molar-refractivity contribution in [3.8, 4) is 5.75 Å². The number of nitrogens with one attached hydrogen (secondary N) is 2. The van der Waals surface area contributed by atoms with E-state index in [4.69, 9.17) is 11.6 Å². The summed E-state index contributed by atoms with van der Waals surface area (Å²) in [6, 6.07) is 14.8. The quantitative estimate of drug-likeness (QED) is 0.688. The number of hydrogen-bond acceptors (Lipinski definition) is 3. The molecule has 22 heavy (non-hydrogen) atoms. The van der Waals surface area contributed by atoms with Crippen LogP contribution in [0.1, 0.15) is 17.5 Å². The molecule has 0 saturated heterocycles. The third-order valence-corrected chi connectivity index (χ3v) is 3.61. The SMILES string of the molecule is O=C(CCNCc1c(O)cccc1Cl)NCc1ccccc1. The zero-order valence-corrected chi connectivity index (χ0v) is 12.9. The highest BCUT2D eigenvalue weighted by Gasteiger charge is 2.06. The molecule has 0 aliphatic heterocycles. The average Bonchev–Trinajstić information content (AvgIpc) is 2.53. The van der Waals surface area contributed by atoms with Crippen LogP contribution in [0.25, 0.3) is 0 Å². The van der Waals surface area contributed by atoms with E-state index in [1.807, 2.05) is 30.3 Å². The van der Waals surface area contributed by atoms with Crippen molar-refractivity contribution in [2.45, 2.75) is 19.5 Å². The minimum atomic E-state index is -0.0141. The molecule has 1 amide bonds. The van der Waals surface area contributed by atoms with Crippen molar-refractivity contribution in [1.82, 2.24) is 10.6 Å². The van der Waals surface area contributed by atoms with Crippen molar-refractivity contribution >= 4 is 17.5 Å². The number of aromatic hydroxyl groups is 1. The normalized spacial score (nSPS) is 10.4. The van der Waals surface area contributed by atoms with Crippen LogP contribution in [0.5, 0.6) is 5.75 Å². The number of phenolic OH excluding ortho intramolecular Hbond substituents is 1. The lowest BCUT2D eigenvalue weighted by molar-refractivity contribution is -0.121. The lowest BCUT2D eigenvalue weighted by Crippen LogP contribution is -2.27. The van der Waals surface area contributed by atoms with Gasteiger partial charge >= 0.3 is 0 Å². The molecule has 0 bridgehead atoms. The summed E-state index contributed by atoms with van der Waals surface area (Å²) in [7, 11) is 0. The zero-order chi connectivity index (χ0) is 15.8. The van der Waals surface area contributed by atoms with Crippen molar-refractivity contribution < 1.29 is 9.90 Å². The second-order valence-electron chi connectivity index (χ2n) is 4.93. The Morgan fingerprint density at radius 3 is 2.55 bits per heavy atom. The average molecular weight is 319 g/mol. The first-order valence-corrected chi connectivity index (χ1v) is 7.52. The van der Waals surface area contributed by atoms with Crippen LogP contribution in [0, 0.1) is 0 Å². The molecular weight excluding hydrogens is 300 g/mol. The fourth-order valence-electron chi connectivity index (χ4n) is 2.02.